The number of rotatable bonds is 6. The summed E-state index contributed by atoms with van der Waals surface area (Å²) in [6.45, 7) is 1.30. The van der Waals surface area contributed by atoms with Gasteiger partial charge < -0.3 is 14.4 Å². The van der Waals surface area contributed by atoms with Crippen LogP contribution in [0, 0.1) is 0 Å². The first-order chi connectivity index (χ1) is 9.65. The quantitative estimate of drug-likeness (QED) is 0.742. The summed E-state index contributed by atoms with van der Waals surface area (Å²) < 4.78 is 11.3. The van der Waals surface area contributed by atoms with E-state index < -0.39 is 5.97 Å². The lowest BCUT2D eigenvalue weighted by atomic mass is 10.3. The lowest BCUT2D eigenvalue weighted by Crippen LogP contribution is -2.30. The van der Waals surface area contributed by atoms with Gasteiger partial charge in [0.15, 0.2) is 6.61 Å². The third-order valence-corrected chi connectivity index (χ3v) is 3.49. The van der Waals surface area contributed by atoms with Gasteiger partial charge in [-0.25, -0.2) is 4.79 Å². The van der Waals surface area contributed by atoms with E-state index in [1.165, 1.54) is 0 Å². The predicted molar refractivity (Wildman–Crippen MR) is 76.4 cm³/mol. The average Bonchev–Trinajstić information content (AvgIpc) is 2.84. The molecule has 0 spiro atoms. The molecule has 1 saturated heterocycles. The van der Waals surface area contributed by atoms with Crippen molar-refractivity contribution in [3.8, 4) is 5.75 Å². The fourth-order valence-electron chi connectivity index (χ4n) is 1.92. The topological polar surface area (TPSA) is 55.8 Å². The molecule has 1 aromatic rings. The number of carbonyl (C=O) groups is 2. The molecule has 1 heterocycles. The second-order valence-electron chi connectivity index (χ2n) is 4.45. The Balaban J connectivity index is 1.63. The monoisotopic (exact) mass is 341 g/mol. The second kappa shape index (κ2) is 7.28. The molecule has 108 valence electrons. The van der Waals surface area contributed by atoms with Crippen LogP contribution in [0.1, 0.15) is 12.8 Å². The Bertz CT molecular complexity index is 475. The average molecular weight is 342 g/mol. The minimum absolute atomic E-state index is 0.129. The van der Waals surface area contributed by atoms with Crippen LogP contribution in [0.3, 0.4) is 0 Å². The van der Waals surface area contributed by atoms with Crippen molar-refractivity contribution in [3.05, 3.63) is 28.7 Å². The highest BCUT2D eigenvalue weighted by Gasteiger charge is 2.19. The van der Waals surface area contributed by atoms with E-state index in [4.69, 9.17) is 9.47 Å². The second-order valence-corrected chi connectivity index (χ2v) is 5.36. The molecule has 0 saturated carbocycles. The zero-order valence-electron chi connectivity index (χ0n) is 11.0. The Morgan fingerprint density at radius 3 is 2.70 bits per heavy atom. The first kappa shape index (κ1) is 14.8. The maximum absolute atomic E-state index is 11.5. The van der Waals surface area contributed by atoms with Crippen LogP contribution in [-0.2, 0) is 14.3 Å². The highest BCUT2D eigenvalue weighted by Crippen LogP contribution is 2.16. The van der Waals surface area contributed by atoms with Crippen LogP contribution in [0.4, 0.5) is 0 Å². The molecular weight excluding hydrogens is 326 g/mol. The van der Waals surface area contributed by atoms with Gasteiger partial charge in [0.2, 0.25) is 5.91 Å². The molecule has 5 nitrogen and oxygen atoms in total. The van der Waals surface area contributed by atoms with Crippen LogP contribution in [0.15, 0.2) is 28.7 Å². The largest absolute Gasteiger partial charge is 0.482 e. The molecule has 0 N–H and O–H groups in total. The van der Waals surface area contributed by atoms with E-state index in [-0.39, 0.29) is 19.1 Å². The van der Waals surface area contributed by atoms with Gasteiger partial charge in [0.25, 0.3) is 0 Å². The summed E-state index contributed by atoms with van der Waals surface area (Å²) in [4.78, 5) is 24.5. The number of ether oxygens (including phenoxy) is 2. The zero-order chi connectivity index (χ0) is 14.4. The third kappa shape index (κ3) is 4.52. The minimum atomic E-state index is -0.431. The number of nitrogens with zero attached hydrogens (tertiary/aromatic N) is 1. The summed E-state index contributed by atoms with van der Waals surface area (Å²) in [5.41, 5.74) is 0. The lowest BCUT2D eigenvalue weighted by molar-refractivity contribution is -0.147. The molecule has 0 aliphatic carbocycles. The molecule has 1 aliphatic rings. The number of amides is 1. The normalized spacial score (nSPS) is 14.4. The summed E-state index contributed by atoms with van der Waals surface area (Å²) >= 11 is 3.32. The summed E-state index contributed by atoms with van der Waals surface area (Å²) in [5, 5.41) is 0. The molecule has 0 atom stereocenters. The number of hydrogen-bond donors (Lipinski definition) is 0. The number of esters is 1. The van der Waals surface area contributed by atoms with Crippen molar-refractivity contribution in [3.63, 3.8) is 0 Å². The van der Waals surface area contributed by atoms with E-state index in [1.54, 1.807) is 17.0 Å². The first-order valence-corrected chi connectivity index (χ1v) is 7.26. The van der Waals surface area contributed by atoms with Gasteiger partial charge >= 0.3 is 5.97 Å². The highest BCUT2D eigenvalue weighted by atomic mass is 79.9. The molecule has 6 heteroatoms. The van der Waals surface area contributed by atoms with Crippen molar-refractivity contribution in [1.82, 2.24) is 4.90 Å². The number of benzene rings is 1. The van der Waals surface area contributed by atoms with Gasteiger partial charge in [0.1, 0.15) is 12.4 Å². The molecule has 0 bridgehead atoms. The van der Waals surface area contributed by atoms with Crippen LogP contribution >= 0.6 is 15.9 Å². The Morgan fingerprint density at radius 2 is 2.05 bits per heavy atom. The summed E-state index contributed by atoms with van der Waals surface area (Å²) in [6.07, 6.45) is 1.49. The molecule has 0 radical (unpaired) electrons. The molecule has 1 fully saturated rings. The molecule has 1 amide bonds. The smallest absolute Gasteiger partial charge is 0.344 e. The lowest BCUT2D eigenvalue weighted by Gasteiger charge is -2.15. The van der Waals surface area contributed by atoms with Gasteiger partial charge in [-0.2, -0.15) is 0 Å². The van der Waals surface area contributed by atoms with Gasteiger partial charge in [-0.1, -0.05) is 15.9 Å². The molecule has 2 rings (SSSR count). The first-order valence-electron chi connectivity index (χ1n) is 6.47. The van der Waals surface area contributed by atoms with Gasteiger partial charge in [-0.15, -0.1) is 0 Å². The minimum Gasteiger partial charge on any atom is -0.482 e. The van der Waals surface area contributed by atoms with E-state index in [0.29, 0.717) is 18.7 Å². The number of carbonyl (C=O) groups excluding carboxylic acids is 2. The summed E-state index contributed by atoms with van der Waals surface area (Å²) in [5.74, 6) is 0.312. The van der Waals surface area contributed by atoms with Crippen molar-refractivity contribution in [1.29, 1.82) is 0 Å². The number of halogens is 1. The third-order valence-electron chi connectivity index (χ3n) is 2.97. The Hall–Kier alpha value is -1.56. The van der Waals surface area contributed by atoms with Crippen molar-refractivity contribution in [2.24, 2.45) is 0 Å². The van der Waals surface area contributed by atoms with Crippen molar-refractivity contribution in [2.45, 2.75) is 12.8 Å². The standard InChI is InChI=1S/C14H16BrNO4/c15-11-3-5-12(6-4-11)20-10-14(18)19-9-8-16-7-1-2-13(16)17/h3-6H,1-2,7-10H2. The molecule has 1 aliphatic heterocycles. The fraction of sp³-hybridized carbons (Fsp3) is 0.429. The van der Waals surface area contributed by atoms with Crippen molar-refractivity contribution < 1.29 is 19.1 Å². The van der Waals surface area contributed by atoms with Gasteiger partial charge in [0, 0.05) is 17.4 Å². The van der Waals surface area contributed by atoms with Crippen molar-refractivity contribution >= 4 is 27.8 Å². The Morgan fingerprint density at radius 1 is 1.30 bits per heavy atom. The maximum atomic E-state index is 11.5. The van der Waals surface area contributed by atoms with Crippen LogP contribution in [-0.4, -0.2) is 43.1 Å². The molecule has 0 aromatic heterocycles. The van der Waals surface area contributed by atoms with E-state index >= 15 is 0 Å². The van der Waals surface area contributed by atoms with Gasteiger partial charge in [-0.05, 0) is 30.7 Å². The highest BCUT2D eigenvalue weighted by molar-refractivity contribution is 9.10. The van der Waals surface area contributed by atoms with Crippen LogP contribution in [0.25, 0.3) is 0 Å². The van der Waals surface area contributed by atoms with E-state index in [1.807, 2.05) is 12.1 Å². The van der Waals surface area contributed by atoms with Crippen LogP contribution < -0.4 is 4.74 Å². The van der Waals surface area contributed by atoms with Gasteiger partial charge in [-0.3, -0.25) is 4.79 Å². The Labute approximate surface area is 126 Å². The predicted octanol–water partition coefficient (Wildman–Crippen LogP) is 1.99. The molecule has 1 aromatic carbocycles. The van der Waals surface area contributed by atoms with E-state index in [9.17, 15) is 9.59 Å². The maximum Gasteiger partial charge on any atom is 0.344 e. The van der Waals surface area contributed by atoms with Crippen LogP contribution in [0.2, 0.25) is 0 Å². The summed E-state index contributed by atoms with van der Waals surface area (Å²) in [6, 6.07) is 7.19. The molecule has 0 unspecified atom stereocenters. The zero-order valence-corrected chi connectivity index (χ0v) is 12.6. The SMILES string of the molecule is O=C(COc1ccc(Br)cc1)OCCN1CCCC1=O. The Kier molecular flexibility index (Phi) is 5.40. The van der Waals surface area contributed by atoms with E-state index in [2.05, 4.69) is 15.9 Å². The summed E-state index contributed by atoms with van der Waals surface area (Å²) in [7, 11) is 0. The molecular formula is C14H16BrNO4. The molecule has 20 heavy (non-hydrogen) atoms. The van der Waals surface area contributed by atoms with E-state index in [0.717, 1.165) is 17.4 Å². The number of hydrogen-bond acceptors (Lipinski definition) is 4. The van der Waals surface area contributed by atoms with Gasteiger partial charge in [0.05, 0.1) is 6.54 Å². The van der Waals surface area contributed by atoms with Crippen molar-refractivity contribution in [2.75, 3.05) is 26.3 Å². The fourth-order valence-corrected chi connectivity index (χ4v) is 2.19. The van der Waals surface area contributed by atoms with Crippen LogP contribution in [0.5, 0.6) is 5.75 Å². The number of likely N-dealkylation sites (tertiary alicyclic amines) is 1.